The second-order valence-electron chi connectivity index (χ2n) is 4.83. The van der Waals surface area contributed by atoms with Crippen molar-refractivity contribution >= 4 is 11.6 Å². The zero-order chi connectivity index (χ0) is 15.1. The Morgan fingerprint density at radius 2 is 1.95 bits per heavy atom. The first-order valence-electron chi connectivity index (χ1n) is 7.31. The average molecular weight is 287 g/mol. The van der Waals surface area contributed by atoms with E-state index >= 15 is 0 Å². The third-order valence-corrected chi connectivity index (χ3v) is 2.89. The molecular formula is C16H21N3O2. The Balaban J connectivity index is 2.08. The van der Waals surface area contributed by atoms with Crippen molar-refractivity contribution in [3.63, 3.8) is 0 Å². The van der Waals surface area contributed by atoms with Crippen LogP contribution in [0.3, 0.4) is 0 Å². The van der Waals surface area contributed by atoms with Crippen LogP contribution >= 0.6 is 0 Å². The highest BCUT2D eigenvalue weighted by molar-refractivity contribution is 5.54. The molecule has 1 heterocycles. The lowest BCUT2D eigenvalue weighted by Crippen LogP contribution is -2.12. The van der Waals surface area contributed by atoms with Gasteiger partial charge in [-0.15, -0.1) is 0 Å². The zero-order valence-corrected chi connectivity index (χ0v) is 12.5. The molecule has 0 bridgehead atoms. The van der Waals surface area contributed by atoms with E-state index < -0.39 is 0 Å². The molecule has 2 aromatic rings. The van der Waals surface area contributed by atoms with Gasteiger partial charge in [-0.1, -0.05) is 20.3 Å². The van der Waals surface area contributed by atoms with E-state index in [-0.39, 0.29) is 5.56 Å². The van der Waals surface area contributed by atoms with E-state index in [0.717, 1.165) is 36.4 Å². The molecule has 0 aliphatic carbocycles. The molecule has 0 spiro atoms. The molecule has 112 valence electrons. The Hall–Kier alpha value is -2.30. The number of H-pyrrole nitrogens is 1. The van der Waals surface area contributed by atoms with Gasteiger partial charge in [-0.2, -0.15) is 0 Å². The minimum Gasteiger partial charge on any atom is -0.494 e. The molecule has 5 nitrogen and oxygen atoms in total. The number of ether oxygens (including phenoxy) is 1. The Kier molecular flexibility index (Phi) is 5.37. The van der Waals surface area contributed by atoms with Gasteiger partial charge < -0.3 is 10.1 Å². The van der Waals surface area contributed by atoms with Crippen LogP contribution in [0.4, 0.5) is 11.6 Å². The number of nitrogens with zero attached hydrogens (tertiary/aromatic N) is 1. The van der Waals surface area contributed by atoms with Crippen LogP contribution in [0.25, 0.3) is 0 Å². The monoisotopic (exact) mass is 287 g/mol. The minimum absolute atomic E-state index is 0.140. The highest BCUT2D eigenvalue weighted by atomic mass is 16.5. The zero-order valence-electron chi connectivity index (χ0n) is 12.5. The van der Waals surface area contributed by atoms with Crippen molar-refractivity contribution in [3.8, 4) is 5.75 Å². The summed E-state index contributed by atoms with van der Waals surface area (Å²) < 4.78 is 5.53. The van der Waals surface area contributed by atoms with Crippen molar-refractivity contribution < 1.29 is 4.74 Å². The molecule has 2 rings (SSSR count). The van der Waals surface area contributed by atoms with Crippen LogP contribution in [-0.4, -0.2) is 16.6 Å². The molecule has 5 heteroatoms. The van der Waals surface area contributed by atoms with Crippen LogP contribution in [0, 0.1) is 0 Å². The minimum atomic E-state index is -0.140. The van der Waals surface area contributed by atoms with Crippen LogP contribution in [-0.2, 0) is 6.42 Å². The van der Waals surface area contributed by atoms with E-state index in [1.165, 1.54) is 6.07 Å². The summed E-state index contributed by atoms with van der Waals surface area (Å²) in [6.45, 7) is 4.84. The lowest BCUT2D eigenvalue weighted by Gasteiger charge is -2.08. The maximum Gasteiger partial charge on any atom is 0.252 e. The van der Waals surface area contributed by atoms with E-state index in [4.69, 9.17) is 4.74 Å². The number of benzene rings is 1. The summed E-state index contributed by atoms with van der Waals surface area (Å²) in [6.07, 6.45) is 2.73. The summed E-state index contributed by atoms with van der Waals surface area (Å²) in [5.41, 5.74) is 1.51. The first-order valence-corrected chi connectivity index (χ1v) is 7.31. The summed E-state index contributed by atoms with van der Waals surface area (Å²) >= 11 is 0. The van der Waals surface area contributed by atoms with Gasteiger partial charge in [-0.25, -0.2) is 4.98 Å². The number of anilines is 2. The molecule has 0 aliphatic heterocycles. The third-order valence-electron chi connectivity index (χ3n) is 2.89. The molecule has 0 atom stereocenters. The van der Waals surface area contributed by atoms with Crippen molar-refractivity contribution in [3.05, 3.63) is 46.4 Å². The molecule has 0 saturated heterocycles. The van der Waals surface area contributed by atoms with Gasteiger partial charge in [-0.05, 0) is 37.1 Å². The second kappa shape index (κ2) is 7.47. The van der Waals surface area contributed by atoms with Gasteiger partial charge in [0.1, 0.15) is 5.75 Å². The van der Waals surface area contributed by atoms with E-state index in [9.17, 15) is 4.79 Å². The van der Waals surface area contributed by atoms with Crippen molar-refractivity contribution in [2.75, 3.05) is 11.9 Å². The lowest BCUT2D eigenvalue weighted by molar-refractivity contribution is 0.317. The maximum absolute atomic E-state index is 11.6. The Morgan fingerprint density at radius 3 is 2.62 bits per heavy atom. The van der Waals surface area contributed by atoms with E-state index in [1.54, 1.807) is 0 Å². The topological polar surface area (TPSA) is 67.0 Å². The van der Waals surface area contributed by atoms with Crippen LogP contribution in [0.2, 0.25) is 0 Å². The predicted molar refractivity (Wildman–Crippen MR) is 84.4 cm³/mol. The quantitative estimate of drug-likeness (QED) is 0.820. The highest BCUT2D eigenvalue weighted by Gasteiger charge is 2.02. The van der Waals surface area contributed by atoms with Gasteiger partial charge in [0.05, 0.1) is 6.61 Å². The molecule has 1 aromatic heterocycles. The van der Waals surface area contributed by atoms with E-state index in [0.29, 0.717) is 12.6 Å². The molecule has 0 aliphatic rings. The average Bonchev–Trinajstić information content (AvgIpc) is 2.46. The first kappa shape index (κ1) is 15.1. The molecule has 0 radical (unpaired) electrons. The van der Waals surface area contributed by atoms with Crippen LogP contribution in [0.1, 0.15) is 32.4 Å². The Bertz CT molecular complexity index is 620. The van der Waals surface area contributed by atoms with E-state index in [2.05, 4.69) is 29.1 Å². The van der Waals surface area contributed by atoms with Crippen LogP contribution in [0.15, 0.2) is 35.1 Å². The molecule has 0 unspecified atom stereocenters. The smallest absolute Gasteiger partial charge is 0.252 e. The van der Waals surface area contributed by atoms with Gasteiger partial charge in [0.15, 0.2) is 0 Å². The number of hydrogen-bond donors (Lipinski definition) is 2. The maximum atomic E-state index is 11.6. The number of rotatable bonds is 7. The first-order chi connectivity index (χ1) is 10.2. The van der Waals surface area contributed by atoms with Gasteiger partial charge >= 0.3 is 0 Å². The molecule has 0 saturated carbocycles. The Labute approximate surface area is 124 Å². The highest BCUT2D eigenvalue weighted by Crippen LogP contribution is 2.18. The van der Waals surface area contributed by atoms with Gasteiger partial charge in [0.25, 0.3) is 5.56 Å². The van der Waals surface area contributed by atoms with Gasteiger partial charge in [-0.3, -0.25) is 9.78 Å². The molecule has 2 N–H and O–H groups in total. The molecule has 0 amide bonds. The van der Waals surface area contributed by atoms with Crippen molar-refractivity contribution in [1.29, 1.82) is 0 Å². The fourth-order valence-corrected chi connectivity index (χ4v) is 1.94. The molecule has 1 aromatic carbocycles. The normalized spacial score (nSPS) is 10.4. The van der Waals surface area contributed by atoms with E-state index in [1.807, 2.05) is 24.3 Å². The van der Waals surface area contributed by atoms with Gasteiger partial charge in [0, 0.05) is 17.4 Å². The SMILES string of the molecule is CCCOc1ccc(Nc2nc(CCC)cc(=O)[nH]2)cc1. The van der Waals surface area contributed by atoms with Crippen LogP contribution < -0.4 is 15.6 Å². The fourth-order valence-electron chi connectivity index (χ4n) is 1.94. The molecular weight excluding hydrogens is 266 g/mol. The number of aromatic amines is 1. The largest absolute Gasteiger partial charge is 0.494 e. The number of hydrogen-bond acceptors (Lipinski definition) is 4. The standard InChI is InChI=1S/C16H21N3O2/c1-3-5-13-11-15(20)19-16(18-13)17-12-6-8-14(9-7-12)21-10-4-2/h6-9,11H,3-5,10H2,1-2H3,(H2,17,18,19,20). The number of aryl methyl sites for hydroxylation is 1. The molecule has 21 heavy (non-hydrogen) atoms. The number of nitrogens with one attached hydrogen (secondary N) is 2. The lowest BCUT2D eigenvalue weighted by atomic mass is 10.2. The summed E-state index contributed by atoms with van der Waals surface area (Å²) in [4.78, 5) is 18.7. The number of aromatic nitrogens is 2. The van der Waals surface area contributed by atoms with Crippen molar-refractivity contribution in [1.82, 2.24) is 9.97 Å². The predicted octanol–water partition coefficient (Wildman–Crippen LogP) is 3.25. The van der Waals surface area contributed by atoms with Crippen LogP contribution in [0.5, 0.6) is 5.75 Å². The van der Waals surface area contributed by atoms with Gasteiger partial charge in [0.2, 0.25) is 5.95 Å². The summed E-state index contributed by atoms with van der Waals surface area (Å²) in [5, 5.41) is 3.10. The van der Waals surface area contributed by atoms with Crippen molar-refractivity contribution in [2.24, 2.45) is 0 Å². The molecule has 0 fully saturated rings. The third kappa shape index (κ3) is 4.63. The summed E-state index contributed by atoms with van der Waals surface area (Å²) in [6, 6.07) is 9.13. The van der Waals surface area contributed by atoms with Crippen molar-refractivity contribution in [2.45, 2.75) is 33.1 Å². The summed E-state index contributed by atoms with van der Waals surface area (Å²) in [7, 11) is 0. The summed E-state index contributed by atoms with van der Waals surface area (Å²) in [5.74, 6) is 1.30. The Morgan fingerprint density at radius 1 is 1.19 bits per heavy atom. The fraction of sp³-hybridized carbons (Fsp3) is 0.375. The second-order valence-corrected chi connectivity index (χ2v) is 4.83.